The van der Waals surface area contributed by atoms with Crippen molar-refractivity contribution in [2.75, 3.05) is 19.6 Å². The SMILES string of the molecule is CC(=O)NCCNS(=O)(=O)c1ccccc1C#CCN. The molecule has 108 valence electrons. The van der Waals surface area contributed by atoms with E-state index in [0.717, 1.165) is 0 Å². The van der Waals surface area contributed by atoms with Crippen LogP contribution in [0.1, 0.15) is 12.5 Å². The maximum absolute atomic E-state index is 12.1. The minimum atomic E-state index is -3.66. The van der Waals surface area contributed by atoms with Crippen molar-refractivity contribution < 1.29 is 13.2 Å². The van der Waals surface area contributed by atoms with Gasteiger partial charge in [-0.15, -0.1) is 0 Å². The molecule has 1 aromatic rings. The summed E-state index contributed by atoms with van der Waals surface area (Å²) < 4.78 is 26.7. The third kappa shape index (κ3) is 5.01. The molecule has 0 aromatic heterocycles. The first kappa shape index (κ1) is 16.2. The van der Waals surface area contributed by atoms with Crippen LogP contribution in [0.25, 0.3) is 0 Å². The first-order chi connectivity index (χ1) is 9.47. The summed E-state index contributed by atoms with van der Waals surface area (Å²) >= 11 is 0. The molecule has 0 unspecified atom stereocenters. The molecule has 0 heterocycles. The topological polar surface area (TPSA) is 101 Å². The van der Waals surface area contributed by atoms with Crippen molar-refractivity contribution in [1.82, 2.24) is 10.0 Å². The van der Waals surface area contributed by atoms with Crippen LogP contribution in [0.15, 0.2) is 29.2 Å². The van der Waals surface area contributed by atoms with Gasteiger partial charge in [0.25, 0.3) is 0 Å². The number of nitrogens with two attached hydrogens (primary N) is 1. The molecule has 1 rings (SSSR count). The molecular weight excluding hydrogens is 278 g/mol. The van der Waals surface area contributed by atoms with Gasteiger partial charge in [0, 0.05) is 25.6 Å². The number of carbonyl (C=O) groups excluding carboxylic acids is 1. The van der Waals surface area contributed by atoms with Crippen LogP contribution in [0.5, 0.6) is 0 Å². The molecule has 4 N–H and O–H groups in total. The van der Waals surface area contributed by atoms with Gasteiger partial charge in [-0.05, 0) is 12.1 Å². The molecule has 0 aliphatic rings. The van der Waals surface area contributed by atoms with Crippen molar-refractivity contribution in [1.29, 1.82) is 0 Å². The molecule has 7 heteroatoms. The lowest BCUT2D eigenvalue weighted by Crippen LogP contribution is -2.33. The van der Waals surface area contributed by atoms with Gasteiger partial charge in [0.15, 0.2) is 0 Å². The lowest BCUT2D eigenvalue weighted by molar-refractivity contribution is -0.118. The Hall–Kier alpha value is -1.88. The number of benzene rings is 1. The number of carbonyl (C=O) groups is 1. The van der Waals surface area contributed by atoms with Crippen molar-refractivity contribution in [2.24, 2.45) is 5.73 Å². The molecule has 20 heavy (non-hydrogen) atoms. The molecule has 0 spiro atoms. The summed E-state index contributed by atoms with van der Waals surface area (Å²) in [5.41, 5.74) is 5.68. The predicted octanol–water partition coefficient (Wildman–Crippen LogP) is -0.589. The van der Waals surface area contributed by atoms with Crippen molar-refractivity contribution in [3.63, 3.8) is 0 Å². The second-order valence-corrected chi connectivity index (χ2v) is 5.62. The van der Waals surface area contributed by atoms with Crippen LogP contribution in [0.4, 0.5) is 0 Å². The molecule has 1 aromatic carbocycles. The van der Waals surface area contributed by atoms with Gasteiger partial charge in [-0.2, -0.15) is 0 Å². The van der Waals surface area contributed by atoms with Crippen LogP contribution < -0.4 is 15.8 Å². The fourth-order valence-electron chi connectivity index (χ4n) is 1.45. The van der Waals surface area contributed by atoms with E-state index in [1.807, 2.05) is 0 Å². The van der Waals surface area contributed by atoms with E-state index in [2.05, 4.69) is 21.9 Å². The molecule has 0 aliphatic heterocycles. The highest BCUT2D eigenvalue weighted by atomic mass is 32.2. The lowest BCUT2D eigenvalue weighted by atomic mass is 10.2. The molecule has 0 aliphatic carbocycles. The predicted molar refractivity (Wildman–Crippen MR) is 76.2 cm³/mol. The fraction of sp³-hybridized carbons (Fsp3) is 0.308. The van der Waals surface area contributed by atoms with Crippen LogP contribution in [0.2, 0.25) is 0 Å². The van der Waals surface area contributed by atoms with E-state index in [4.69, 9.17) is 5.73 Å². The highest BCUT2D eigenvalue weighted by molar-refractivity contribution is 7.89. The molecule has 0 bridgehead atoms. The average molecular weight is 295 g/mol. The smallest absolute Gasteiger partial charge is 0.241 e. The summed E-state index contributed by atoms with van der Waals surface area (Å²) in [6.07, 6.45) is 0. The molecule has 1 amide bonds. The van der Waals surface area contributed by atoms with Gasteiger partial charge in [0.05, 0.1) is 11.4 Å². The summed E-state index contributed by atoms with van der Waals surface area (Å²) in [6.45, 7) is 1.86. The molecule has 0 fully saturated rings. The first-order valence-corrected chi connectivity index (χ1v) is 7.48. The number of hydrogen-bond donors (Lipinski definition) is 3. The summed E-state index contributed by atoms with van der Waals surface area (Å²) in [4.78, 5) is 10.8. The third-order valence-electron chi connectivity index (χ3n) is 2.29. The normalized spacial score (nSPS) is 10.5. The minimum absolute atomic E-state index is 0.101. The monoisotopic (exact) mass is 295 g/mol. The van der Waals surface area contributed by atoms with Gasteiger partial charge >= 0.3 is 0 Å². The zero-order valence-corrected chi connectivity index (χ0v) is 12.0. The summed E-state index contributed by atoms with van der Waals surface area (Å²) in [5, 5.41) is 2.51. The summed E-state index contributed by atoms with van der Waals surface area (Å²) in [7, 11) is -3.66. The van der Waals surface area contributed by atoms with Gasteiger partial charge in [0.1, 0.15) is 0 Å². The summed E-state index contributed by atoms with van der Waals surface area (Å²) in [6, 6.07) is 6.42. The van der Waals surface area contributed by atoms with E-state index in [1.54, 1.807) is 18.2 Å². The third-order valence-corrected chi connectivity index (χ3v) is 3.81. The van der Waals surface area contributed by atoms with E-state index in [1.165, 1.54) is 13.0 Å². The van der Waals surface area contributed by atoms with Crippen LogP contribution in [0, 0.1) is 11.8 Å². The van der Waals surface area contributed by atoms with Crippen LogP contribution in [-0.4, -0.2) is 34.0 Å². The fourth-order valence-corrected chi connectivity index (χ4v) is 2.64. The van der Waals surface area contributed by atoms with Crippen LogP contribution >= 0.6 is 0 Å². The Balaban J connectivity index is 2.84. The number of nitrogens with one attached hydrogen (secondary N) is 2. The Morgan fingerprint density at radius 3 is 2.65 bits per heavy atom. The number of sulfonamides is 1. The quantitative estimate of drug-likeness (QED) is 0.499. The number of amides is 1. The van der Waals surface area contributed by atoms with E-state index in [0.29, 0.717) is 5.56 Å². The number of rotatable bonds is 5. The Kier molecular flexibility index (Phi) is 6.18. The average Bonchev–Trinajstić information content (AvgIpc) is 2.41. The van der Waals surface area contributed by atoms with Crippen LogP contribution in [0.3, 0.4) is 0 Å². The molecule has 0 saturated carbocycles. The second kappa shape index (κ2) is 7.65. The Morgan fingerprint density at radius 1 is 1.30 bits per heavy atom. The van der Waals surface area contributed by atoms with E-state index < -0.39 is 10.0 Å². The van der Waals surface area contributed by atoms with Crippen molar-refractivity contribution in [3.05, 3.63) is 29.8 Å². The maximum atomic E-state index is 12.1. The lowest BCUT2D eigenvalue weighted by Gasteiger charge is -2.08. The largest absolute Gasteiger partial charge is 0.355 e. The molecular formula is C13H17N3O3S. The first-order valence-electron chi connectivity index (χ1n) is 5.99. The molecule has 0 radical (unpaired) electrons. The maximum Gasteiger partial charge on any atom is 0.241 e. The Labute approximate surface area is 118 Å². The molecule has 0 atom stereocenters. The van der Waals surface area contributed by atoms with Crippen molar-refractivity contribution >= 4 is 15.9 Å². The Bertz CT molecular complexity index is 630. The summed E-state index contributed by atoms with van der Waals surface area (Å²) in [5.74, 6) is 5.14. The van der Waals surface area contributed by atoms with E-state index in [-0.39, 0.29) is 30.4 Å². The highest BCUT2D eigenvalue weighted by Crippen LogP contribution is 2.13. The minimum Gasteiger partial charge on any atom is -0.355 e. The van der Waals surface area contributed by atoms with Gasteiger partial charge in [-0.25, -0.2) is 13.1 Å². The van der Waals surface area contributed by atoms with Gasteiger partial charge in [-0.3, -0.25) is 4.79 Å². The van der Waals surface area contributed by atoms with Gasteiger partial charge < -0.3 is 11.1 Å². The highest BCUT2D eigenvalue weighted by Gasteiger charge is 2.16. The zero-order chi connectivity index (χ0) is 15.0. The van der Waals surface area contributed by atoms with E-state index >= 15 is 0 Å². The second-order valence-electron chi connectivity index (χ2n) is 3.88. The van der Waals surface area contributed by atoms with Gasteiger partial charge in [-0.1, -0.05) is 24.0 Å². The number of hydrogen-bond acceptors (Lipinski definition) is 4. The van der Waals surface area contributed by atoms with Gasteiger partial charge in [0.2, 0.25) is 15.9 Å². The van der Waals surface area contributed by atoms with Crippen molar-refractivity contribution in [3.8, 4) is 11.8 Å². The zero-order valence-electron chi connectivity index (χ0n) is 11.1. The standard InChI is InChI=1S/C13H17N3O3S/c1-11(17)15-9-10-16-20(18,19)13-7-3-2-5-12(13)6-4-8-14/h2-3,5,7,16H,8-10,14H2,1H3,(H,15,17). The Morgan fingerprint density at radius 2 is 2.00 bits per heavy atom. The van der Waals surface area contributed by atoms with E-state index in [9.17, 15) is 13.2 Å². The molecule has 0 saturated heterocycles. The van der Waals surface area contributed by atoms with Crippen molar-refractivity contribution in [2.45, 2.75) is 11.8 Å². The molecule has 6 nitrogen and oxygen atoms in total. The van der Waals surface area contributed by atoms with Crippen LogP contribution in [-0.2, 0) is 14.8 Å².